The molecule has 102 valence electrons. The maximum atomic E-state index is 4.31. The lowest BCUT2D eigenvalue weighted by molar-refractivity contribution is 0.229. The number of H-pyrrole nitrogens is 1. The van der Waals surface area contributed by atoms with Gasteiger partial charge in [0.15, 0.2) is 0 Å². The van der Waals surface area contributed by atoms with Crippen LogP contribution in [0.5, 0.6) is 0 Å². The lowest BCUT2D eigenvalue weighted by atomic mass is 10.1. The number of pyridine rings is 1. The summed E-state index contributed by atoms with van der Waals surface area (Å²) in [5.74, 6) is 0. The summed E-state index contributed by atoms with van der Waals surface area (Å²) in [6.07, 6.45) is 8.03. The van der Waals surface area contributed by atoms with Crippen molar-refractivity contribution in [2.45, 2.75) is 25.8 Å². The van der Waals surface area contributed by atoms with Crippen LogP contribution >= 0.6 is 0 Å². The number of hydrogen-bond donors (Lipinski definition) is 2. The maximum absolute atomic E-state index is 4.31. The topological polar surface area (TPSA) is 44.0 Å². The second-order valence-electron chi connectivity index (χ2n) is 5.29. The van der Waals surface area contributed by atoms with Crippen LogP contribution in [0, 0.1) is 0 Å². The van der Waals surface area contributed by atoms with Crippen molar-refractivity contribution in [2.24, 2.45) is 0 Å². The van der Waals surface area contributed by atoms with E-state index >= 15 is 0 Å². The Labute approximate surface area is 114 Å². The second kappa shape index (κ2) is 6.17. The molecule has 0 aliphatic carbocycles. The fourth-order valence-corrected chi connectivity index (χ4v) is 2.80. The highest BCUT2D eigenvalue weighted by atomic mass is 15.1. The molecule has 3 heterocycles. The Balaban J connectivity index is 1.47. The molecule has 0 atom stereocenters. The molecule has 1 saturated heterocycles. The molecule has 1 aliphatic rings. The van der Waals surface area contributed by atoms with Gasteiger partial charge in [-0.15, -0.1) is 0 Å². The van der Waals surface area contributed by atoms with E-state index in [1.165, 1.54) is 49.8 Å². The van der Waals surface area contributed by atoms with Gasteiger partial charge in [-0.25, -0.2) is 4.98 Å². The summed E-state index contributed by atoms with van der Waals surface area (Å²) in [5, 5.41) is 4.77. The van der Waals surface area contributed by atoms with E-state index in [4.69, 9.17) is 0 Å². The van der Waals surface area contributed by atoms with E-state index in [1.54, 1.807) is 0 Å². The molecule has 2 N–H and O–H groups in total. The number of aromatic amines is 1. The fourth-order valence-electron chi connectivity index (χ4n) is 2.80. The highest BCUT2D eigenvalue weighted by molar-refractivity contribution is 5.79. The molecule has 0 spiro atoms. The average molecular weight is 258 g/mol. The smallest absolute Gasteiger partial charge is 0.137 e. The van der Waals surface area contributed by atoms with Crippen LogP contribution in [0.15, 0.2) is 24.5 Å². The van der Waals surface area contributed by atoms with Crippen LogP contribution in [0.4, 0.5) is 0 Å². The average Bonchev–Trinajstić information content (AvgIpc) is 2.88. The summed E-state index contributed by atoms with van der Waals surface area (Å²) < 4.78 is 0. The van der Waals surface area contributed by atoms with Crippen molar-refractivity contribution < 1.29 is 0 Å². The minimum absolute atomic E-state index is 0.916. The van der Waals surface area contributed by atoms with Gasteiger partial charge in [0, 0.05) is 37.4 Å². The fraction of sp³-hybridized carbons (Fsp3) is 0.533. The van der Waals surface area contributed by atoms with E-state index in [0.29, 0.717) is 0 Å². The molecule has 1 fully saturated rings. The molecular formula is C15H22N4. The molecule has 19 heavy (non-hydrogen) atoms. The summed E-state index contributed by atoms with van der Waals surface area (Å²) in [7, 11) is 0. The highest BCUT2D eigenvalue weighted by Crippen LogP contribution is 2.15. The molecule has 3 rings (SSSR count). The zero-order valence-corrected chi connectivity index (χ0v) is 11.4. The normalized spacial score (nSPS) is 17.1. The molecule has 0 unspecified atom stereocenters. The third kappa shape index (κ3) is 3.14. The first-order chi connectivity index (χ1) is 9.43. The standard InChI is InChI=1S/C15H22N4/c1-2-8-19(9-3-1)10-7-16-11-13-12-18-15-14(13)5-4-6-17-15/h4-6,12,16H,1-3,7-11H2,(H,17,18). The quantitative estimate of drug-likeness (QED) is 0.808. The van der Waals surface area contributed by atoms with Crippen molar-refractivity contribution in [1.29, 1.82) is 0 Å². The van der Waals surface area contributed by atoms with Crippen LogP contribution in [0.3, 0.4) is 0 Å². The van der Waals surface area contributed by atoms with E-state index in [9.17, 15) is 0 Å². The van der Waals surface area contributed by atoms with Gasteiger partial charge < -0.3 is 15.2 Å². The third-order valence-electron chi connectivity index (χ3n) is 3.91. The Morgan fingerprint density at radius 1 is 1.26 bits per heavy atom. The van der Waals surface area contributed by atoms with E-state index in [-0.39, 0.29) is 0 Å². The number of rotatable bonds is 5. The predicted molar refractivity (Wildman–Crippen MR) is 78.1 cm³/mol. The number of likely N-dealkylation sites (tertiary alicyclic amines) is 1. The first-order valence-electron chi connectivity index (χ1n) is 7.27. The zero-order valence-electron chi connectivity index (χ0n) is 11.4. The summed E-state index contributed by atoms with van der Waals surface area (Å²) in [6, 6.07) is 4.12. The molecule has 0 radical (unpaired) electrons. The van der Waals surface area contributed by atoms with Crippen LogP contribution < -0.4 is 5.32 Å². The molecule has 0 bridgehead atoms. The lowest BCUT2D eigenvalue weighted by Gasteiger charge is -2.26. The number of fused-ring (bicyclic) bond motifs is 1. The highest BCUT2D eigenvalue weighted by Gasteiger charge is 2.09. The summed E-state index contributed by atoms with van der Waals surface area (Å²) in [5.41, 5.74) is 2.29. The minimum atomic E-state index is 0.916. The number of nitrogens with one attached hydrogen (secondary N) is 2. The zero-order chi connectivity index (χ0) is 12.9. The lowest BCUT2D eigenvalue weighted by Crippen LogP contribution is -2.35. The third-order valence-corrected chi connectivity index (χ3v) is 3.91. The van der Waals surface area contributed by atoms with Crippen LogP contribution in [-0.4, -0.2) is 41.0 Å². The number of nitrogens with zero attached hydrogens (tertiary/aromatic N) is 2. The largest absolute Gasteiger partial charge is 0.346 e. The molecule has 4 heteroatoms. The van der Waals surface area contributed by atoms with Crippen molar-refractivity contribution in [1.82, 2.24) is 20.2 Å². The van der Waals surface area contributed by atoms with Crippen LogP contribution in [-0.2, 0) is 6.54 Å². The van der Waals surface area contributed by atoms with Crippen LogP contribution in [0.25, 0.3) is 11.0 Å². The molecule has 4 nitrogen and oxygen atoms in total. The van der Waals surface area contributed by atoms with Crippen molar-refractivity contribution in [2.75, 3.05) is 26.2 Å². The van der Waals surface area contributed by atoms with Gasteiger partial charge >= 0.3 is 0 Å². The Hall–Kier alpha value is -1.39. The molecule has 0 amide bonds. The Bertz CT molecular complexity index is 514. The monoisotopic (exact) mass is 258 g/mol. The Kier molecular flexibility index (Phi) is 4.10. The van der Waals surface area contributed by atoms with Gasteiger partial charge in [-0.2, -0.15) is 0 Å². The summed E-state index contributed by atoms with van der Waals surface area (Å²) in [4.78, 5) is 10.1. The van der Waals surface area contributed by atoms with Gasteiger partial charge in [-0.1, -0.05) is 6.42 Å². The van der Waals surface area contributed by atoms with Gasteiger partial charge in [0.05, 0.1) is 0 Å². The van der Waals surface area contributed by atoms with E-state index < -0.39 is 0 Å². The first kappa shape index (κ1) is 12.6. The SMILES string of the molecule is c1cnc2[nH]cc(CNCCN3CCCCC3)c2c1. The van der Waals surface area contributed by atoms with E-state index in [1.807, 2.05) is 12.3 Å². The molecule has 0 aromatic carbocycles. The molecule has 0 saturated carbocycles. The van der Waals surface area contributed by atoms with E-state index in [2.05, 4.69) is 32.4 Å². The summed E-state index contributed by atoms with van der Waals surface area (Å²) in [6.45, 7) is 5.70. The Morgan fingerprint density at radius 2 is 2.16 bits per heavy atom. The van der Waals surface area contributed by atoms with Crippen molar-refractivity contribution >= 4 is 11.0 Å². The van der Waals surface area contributed by atoms with Crippen LogP contribution in [0.2, 0.25) is 0 Å². The number of hydrogen-bond acceptors (Lipinski definition) is 3. The molecular weight excluding hydrogens is 236 g/mol. The molecule has 2 aromatic rings. The van der Waals surface area contributed by atoms with Crippen LogP contribution in [0.1, 0.15) is 24.8 Å². The van der Waals surface area contributed by atoms with Crippen molar-refractivity contribution in [3.63, 3.8) is 0 Å². The molecule has 2 aromatic heterocycles. The van der Waals surface area contributed by atoms with Crippen molar-refractivity contribution in [3.05, 3.63) is 30.1 Å². The van der Waals surface area contributed by atoms with Gasteiger partial charge in [-0.3, -0.25) is 0 Å². The van der Waals surface area contributed by atoms with Crippen molar-refractivity contribution in [3.8, 4) is 0 Å². The maximum Gasteiger partial charge on any atom is 0.137 e. The summed E-state index contributed by atoms with van der Waals surface area (Å²) >= 11 is 0. The van der Waals surface area contributed by atoms with Gasteiger partial charge in [0.1, 0.15) is 5.65 Å². The van der Waals surface area contributed by atoms with E-state index in [0.717, 1.165) is 18.7 Å². The first-order valence-corrected chi connectivity index (χ1v) is 7.27. The second-order valence-corrected chi connectivity index (χ2v) is 5.29. The van der Waals surface area contributed by atoms with Gasteiger partial charge in [0.25, 0.3) is 0 Å². The predicted octanol–water partition coefficient (Wildman–Crippen LogP) is 2.14. The molecule has 1 aliphatic heterocycles. The number of aromatic nitrogens is 2. The van der Waals surface area contributed by atoms with Gasteiger partial charge in [-0.05, 0) is 43.6 Å². The van der Waals surface area contributed by atoms with Gasteiger partial charge in [0.2, 0.25) is 0 Å². The Morgan fingerprint density at radius 3 is 3.05 bits per heavy atom. The number of piperidine rings is 1. The minimum Gasteiger partial charge on any atom is -0.346 e.